The van der Waals surface area contributed by atoms with E-state index in [0.29, 0.717) is 0 Å². The van der Waals surface area contributed by atoms with Crippen LogP contribution in [0.15, 0.2) is 24.3 Å². The van der Waals surface area contributed by atoms with Gasteiger partial charge < -0.3 is 9.80 Å². The van der Waals surface area contributed by atoms with Crippen LogP contribution in [0.2, 0.25) is 0 Å². The zero-order valence-corrected chi connectivity index (χ0v) is 9.74. The number of anilines is 1. The van der Waals surface area contributed by atoms with Crippen molar-refractivity contribution in [1.29, 1.82) is 0 Å². The molecule has 0 N–H and O–H groups in total. The summed E-state index contributed by atoms with van der Waals surface area (Å²) in [7, 11) is 2.19. The summed E-state index contributed by atoms with van der Waals surface area (Å²) in [6.07, 6.45) is 1.13. The fraction of sp³-hybridized carbons (Fsp3) is 0.538. The van der Waals surface area contributed by atoms with Crippen LogP contribution in [-0.2, 0) is 6.42 Å². The molecule has 1 aliphatic rings. The molecular formula is C13H20N2. The molecular weight excluding hydrogens is 184 g/mol. The van der Waals surface area contributed by atoms with Crippen LogP contribution in [0.3, 0.4) is 0 Å². The lowest BCUT2D eigenvalue weighted by atomic mass is 10.1. The van der Waals surface area contributed by atoms with Gasteiger partial charge in [0.15, 0.2) is 0 Å². The van der Waals surface area contributed by atoms with Crippen LogP contribution in [0.25, 0.3) is 0 Å². The van der Waals surface area contributed by atoms with Gasteiger partial charge in [-0.05, 0) is 31.2 Å². The molecule has 1 aromatic rings. The standard InChI is InChI=1S/C13H20N2/c1-3-12-5-4-6-13(11-12)15-9-7-14(2)8-10-15/h4-6,11H,3,7-10H2,1-2H3. The van der Waals surface area contributed by atoms with Gasteiger partial charge in [0.1, 0.15) is 0 Å². The van der Waals surface area contributed by atoms with Crippen LogP contribution >= 0.6 is 0 Å². The molecule has 82 valence electrons. The highest BCUT2D eigenvalue weighted by Crippen LogP contribution is 2.17. The lowest BCUT2D eigenvalue weighted by molar-refractivity contribution is 0.313. The van der Waals surface area contributed by atoms with E-state index >= 15 is 0 Å². The number of benzene rings is 1. The number of piperazine rings is 1. The molecule has 0 aromatic heterocycles. The van der Waals surface area contributed by atoms with Gasteiger partial charge in [-0.1, -0.05) is 19.1 Å². The van der Waals surface area contributed by atoms with Crippen molar-refractivity contribution in [2.75, 3.05) is 38.1 Å². The Morgan fingerprint density at radius 3 is 2.53 bits per heavy atom. The molecule has 0 radical (unpaired) electrons. The number of hydrogen-bond acceptors (Lipinski definition) is 2. The Hall–Kier alpha value is -1.02. The molecule has 1 heterocycles. The van der Waals surface area contributed by atoms with Crippen molar-refractivity contribution in [1.82, 2.24) is 4.90 Å². The number of rotatable bonds is 2. The Morgan fingerprint density at radius 1 is 1.13 bits per heavy atom. The monoisotopic (exact) mass is 204 g/mol. The Kier molecular flexibility index (Phi) is 3.27. The van der Waals surface area contributed by atoms with Crippen LogP contribution in [0.1, 0.15) is 12.5 Å². The lowest BCUT2D eigenvalue weighted by Crippen LogP contribution is -2.44. The molecule has 0 bridgehead atoms. The summed E-state index contributed by atoms with van der Waals surface area (Å²) in [6, 6.07) is 8.93. The maximum atomic E-state index is 2.49. The number of hydrogen-bond donors (Lipinski definition) is 0. The largest absolute Gasteiger partial charge is 0.369 e. The van der Waals surface area contributed by atoms with Gasteiger partial charge in [-0.15, -0.1) is 0 Å². The third kappa shape index (κ3) is 2.51. The summed E-state index contributed by atoms with van der Waals surface area (Å²) in [4.78, 5) is 4.87. The summed E-state index contributed by atoms with van der Waals surface area (Å²) in [5, 5.41) is 0. The van der Waals surface area contributed by atoms with Crippen molar-refractivity contribution in [3.63, 3.8) is 0 Å². The summed E-state index contributed by atoms with van der Waals surface area (Å²) >= 11 is 0. The minimum atomic E-state index is 1.13. The van der Waals surface area contributed by atoms with Crippen molar-refractivity contribution in [2.45, 2.75) is 13.3 Å². The Labute approximate surface area is 92.5 Å². The third-order valence-electron chi connectivity index (χ3n) is 3.19. The van der Waals surface area contributed by atoms with Crippen LogP contribution in [0.4, 0.5) is 5.69 Å². The van der Waals surface area contributed by atoms with Gasteiger partial charge in [0.2, 0.25) is 0 Å². The van der Waals surface area contributed by atoms with E-state index in [0.717, 1.165) is 19.5 Å². The minimum Gasteiger partial charge on any atom is -0.369 e. The first-order valence-electron chi connectivity index (χ1n) is 5.82. The van der Waals surface area contributed by atoms with Crippen LogP contribution in [0.5, 0.6) is 0 Å². The molecule has 1 fully saturated rings. The second kappa shape index (κ2) is 4.67. The van der Waals surface area contributed by atoms with Gasteiger partial charge in [-0.3, -0.25) is 0 Å². The summed E-state index contributed by atoms with van der Waals surface area (Å²) in [5.41, 5.74) is 2.83. The molecule has 1 aliphatic heterocycles. The molecule has 0 atom stereocenters. The average Bonchev–Trinajstić information content (AvgIpc) is 2.30. The SMILES string of the molecule is CCc1cccc(N2CCN(C)CC2)c1. The molecule has 2 rings (SSSR count). The lowest BCUT2D eigenvalue weighted by Gasteiger charge is -2.34. The molecule has 2 heteroatoms. The zero-order chi connectivity index (χ0) is 10.7. The number of likely N-dealkylation sites (N-methyl/N-ethyl adjacent to an activating group) is 1. The molecule has 0 aliphatic carbocycles. The van der Waals surface area contributed by atoms with E-state index in [-0.39, 0.29) is 0 Å². The molecule has 0 spiro atoms. The fourth-order valence-corrected chi connectivity index (χ4v) is 2.04. The number of aryl methyl sites for hydroxylation is 1. The van der Waals surface area contributed by atoms with E-state index in [1.165, 1.54) is 24.3 Å². The molecule has 0 saturated carbocycles. The van der Waals surface area contributed by atoms with Crippen LogP contribution in [-0.4, -0.2) is 38.1 Å². The minimum absolute atomic E-state index is 1.13. The Bertz CT molecular complexity index is 314. The predicted octanol–water partition coefficient (Wildman–Crippen LogP) is 2.00. The molecule has 1 aromatic carbocycles. The van der Waals surface area contributed by atoms with Crippen LogP contribution in [0, 0.1) is 0 Å². The number of nitrogens with zero attached hydrogens (tertiary/aromatic N) is 2. The van der Waals surface area contributed by atoms with Crippen molar-refractivity contribution in [3.05, 3.63) is 29.8 Å². The maximum Gasteiger partial charge on any atom is 0.0369 e. The highest BCUT2D eigenvalue weighted by Gasteiger charge is 2.13. The van der Waals surface area contributed by atoms with Crippen molar-refractivity contribution >= 4 is 5.69 Å². The summed E-state index contributed by atoms with van der Waals surface area (Å²) in [5.74, 6) is 0. The average molecular weight is 204 g/mol. The van der Waals surface area contributed by atoms with Gasteiger partial charge in [0.05, 0.1) is 0 Å². The fourth-order valence-electron chi connectivity index (χ4n) is 2.04. The molecule has 0 amide bonds. The topological polar surface area (TPSA) is 6.48 Å². The second-order valence-corrected chi connectivity index (χ2v) is 4.31. The van der Waals surface area contributed by atoms with E-state index in [2.05, 4.69) is 48.0 Å². The first-order chi connectivity index (χ1) is 7.29. The van der Waals surface area contributed by atoms with Gasteiger partial charge in [0.25, 0.3) is 0 Å². The van der Waals surface area contributed by atoms with E-state index < -0.39 is 0 Å². The highest BCUT2D eigenvalue weighted by atomic mass is 15.2. The van der Waals surface area contributed by atoms with Crippen molar-refractivity contribution in [2.24, 2.45) is 0 Å². The normalized spacial score (nSPS) is 18.1. The van der Waals surface area contributed by atoms with Gasteiger partial charge >= 0.3 is 0 Å². The van der Waals surface area contributed by atoms with E-state index in [4.69, 9.17) is 0 Å². The molecule has 1 saturated heterocycles. The van der Waals surface area contributed by atoms with Crippen molar-refractivity contribution in [3.8, 4) is 0 Å². The van der Waals surface area contributed by atoms with Gasteiger partial charge in [0, 0.05) is 31.9 Å². The molecule has 2 nitrogen and oxygen atoms in total. The maximum absolute atomic E-state index is 2.49. The van der Waals surface area contributed by atoms with Gasteiger partial charge in [-0.25, -0.2) is 0 Å². The summed E-state index contributed by atoms with van der Waals surface area (Å²) < 4.78 is 0. The van der Waals surface area contributed by atoms with Crippen molar-refractivity contribution < 1.29 is 0 Å². The molecule has 15 heavy (non-hydrogen) atoms. The first-order valence-corrected chi connectivity index (χ1v) is 5.82. The molecule has 0 unspecified atom stereocenters. The zero-order valence-electron chi connectivity index (χ0n) is 9.74. The second-order valence-electron chi connectivity index (χ2n) is 4.31. The highest BCUT2D eigenvalue weighted by molar-refractivity contribution is 5.49. The van der Waals surface area contributed by atoms with Crippen LogP contribution < -0.4 is 4.90 Å². The Morgan fingerprint density at radius 2 is 1.87 bits per heavy atom. The van der Waals surface area contributed by atoms with Gasteiger partial charge in [-0.2, -0.15) is 0 Å². The Balaban J connectivity index is 2.08. The smallest absolute Gasteiger partial charge is 0.0369 e. The van der Waals surface area contributed by atoms with E-state index in [1.807, 2.05) is 0 Å². The predicted molar refractivity (Wildman–Crippen MR) is 65.5 cm³/mol. The third-order valence-corrected chi connectivity index (χ3v) is 3.19. The summed E-state index contributed by atoms with van der Waals surface area (Å²) in [6.45, 7) is 6.88. The van der Waals surface area contributed by atoms with E-state index in [1.54, 1.807) is 0 Å². The first kappa shape index (κ1) is 10.5. The quantitative estimate of drug-likeness (QED) is 0.727. The van der Waals surface area contributed by atoms with E-state index in [9.17, 15) is 0 Å².